The van der Waals surface area contributed by atoms with Crippen LogP contribution in [0.15, 0.2) is 91.0 Å². The van der Waals surface area contributed by atoms with Crippen LogP contribution in [0.3, 0.4) is 0 Å². The highest BCUT2D eigenvalue weighted by molar-refractivity contribution is 8.33. The van der Waals surface area contributed by atoms with Crippen LogP contribution in [0.25, 0.3) is 11.1 Å². The van der Waals surface area contributed by atoms with Gasteiger partial charge in [0.1, 0.15) is 5.75 Å². The highest BCUT2D eigenvalue weighted by Gasteiger charge is 2.56. The number of hydrogen-bond acceptors (Lipinski definition) is 3. The van der Waals surface area contributed by atoms with Crippen LogP contribution in [0.4, 0.5) is 5.69 Å². The third kappa shape index (κ3) is 5.19. The number of methoxy groups -OCH3 is 1. The first kappa shape index (κ1) is 30.4. The van der Waals surface area contributed by atoms with E-state index in [2.05, 4.69) is 130 Å². The molecule has 4 unspecified atom stereocenters. The molecule has 4 atom stereocenters. The summed E-state index contributed by atoms with van der Waals surface area (Å²) in [4.78, 5) is 2.56. The number of rotatable bonds is 10. The van der Waals surface area contributed by atoms with Crippen molar-refractivity contribution in [2.75, 3.05) is 37.7 Å². The summed E-state index contributed by atoms with van der Waals surface area (Å²) in [5.74, 6) is 2.62. The minimum Gasteiger partial charge on any atom is -0.497 e. The number of nitrogens with zero attached hydrogens (tertiary/aromatic N) is 1. The summed E-state index contributed by atoms with van der Waals surface area (Å²) in [7, 11) is 2.82. The minimum atomic E-state index is -1.29. The van der Waals surface area contributed by atoms with Crippen molar-refractivity contribution >= 4 is 15.7 Å². The van der Waals surface area contributed by atoms with Crippen molar-refractivity contribution in [3.05, 3.63) is 119 Å². The Bertz CT molecular complexity index is 1650. The van der Waals surface area contributed by atoms with Gasteiger partial charge in [0.2, 0.25) is 0 Å². The lowest BCUT2D eigenvalue weighted by atomic mass is 9.95. The van der Waals surface area contributed by atoms with Gasteiger partial charge in [0.05, 0.1) is 18.8 Å². The van der Waals surface area contributed by atoms with E-state index < -0.39 is 10.0 Å². The Hall–Kier alpha value is -3.21. The molecule has 0 N–H and O–H groups in total. The van der Waals surface area contributed by atoms with Gasteiger partial charge in [0.15, 0.2) is 0 Å². The van der Waals surface area contributed by atoms with Crippen LogP contribution >= 0.6 is 10.0 Å². The highest BCUT2D eigenvalue weighted by Crippen LogP contribution is 2.80. The predicted molar refractivity (Wildman–Crippen MR) is 192 cm³/mol. The lowest BCUT2D eigenvalue weighted by Gasteiger charge is -2.50. The van der Waals surface area contributed by atoms with E-state index >= 15 is 0 Å². The van der Waals surface area contributed by atoms with E-state index in [4.69, 9.17) is 9.47 Å². The number of unbranched alkanes of at least 4 members (excludes halogenated alkanes) is 3. The van der Waals surface area contributed by atoms with E-state index in [1.807, 2.05) is 0 Å². The first-order valence-corrected chi connectivity index (χ1v) is 19.1. The zero-order chi connectivity index (χ0) is 31.3. The maximum absolute atomic E-state index is 6.06. The van der Waals surface area contributed by atoms with Crippen molar-refractivity contribution in [1.82, 2.24) is 0 Å². The number of ether oxygens (including phenoxy) is 2. The number of anilines is 1. The van der Waals surface area contributed by atoms with Gasteiger partial charge in [-0.1, -0.05) is 85.6 Å². The molecule has 4 aromatic carbocycles. The zero-order valence-electron chi connectivity index (χ0n) is 27.9. The summed E-state index contributed by atoms with van der Waals surface area (Å²) in [6, 6.07) is 35.1. The minimum absolute atomic E-state index is 0.0637. The first-order valence-electron chi connectivity index (χ1n) is 16.8. The van der Waals surface area contributed by atoms with Crippen LogP contribution in [0.2, 0.25) is 0 Å². The number of fused-ring (bicyclic) bond motifs is 8. The summed E-state index contributed by atoms with van der Waals surface area (Å²) in [5, 5.41) is 0.855. The largest absolute Gasteiger partial charge is 0.497 e. The molecule has 3 aliphatic rings. The Labute approximate surface area is 272 Å². The number of benzene rings is 4. The van der Waals surface area contributed by atoms with Crippen molar-refractivity contribution in [2.45, 2.75) is 74.5 Å². The average Bonchev–Trinajstić information content (AvgIpc) is 3.66. The molecule has 2 aliphatic carbocycles. The smallest absolute Gasteiger partial charge is 0.119 e. The van der Waals surface area contributed by atoms with Crippen molar-refractivity contribution in [3.63, 3.8) is 0 Å². The van der Waals surface area contributed by atoms with Crippen LogP contribution in [0.1, 0.15) is 96.7 Å². The Balaban J connectivity index is 1.33. The average molecular weight is 620 g/mol. The molecule has 4 heteroatoms. The van der Waals surface area contributed by atoms with E-state index in [-0.39, 0.29) is 5.60 Å². The van der Waals surface area contributed by atoms with Gasteiger partial charge in [-0.05, 0) is 103 Å². The van der Waals surface area contributed by atoms with Crippen molar-refractivity contribution < 1.29 is 9.47 Å². The quantitative estimate of drug-likeness (QED) is 0.165. The zero-order valence-corrected chi connectivity index (χ0v) is 28.7. The maximum Gasteiger partial charge on any atom is 0.119 e. The molecule has 0 amide bonds. The second-order valence-electron chi connectivity index (χ2n) is 14.4. The molecule has 1 heterocycles. The van der Waals surface area contributed by atoms with Gasteiger partial charge in [-0.2, -0.15) is 0 Å². The molecular weight excluding hydrogens is 571 g/mol. The monoisotopic (exact) mass is 619 g/mol. The second kappa shape index (κ2) is 11.9. The molecule has 4 aromatic rings. The van der Waals surface area contributed by atoms with Crippen LogP contribution in [-0.2, 0) is 4.74 Å². The molecule has 0 bridgehead atoms. The standard InChI is InChI=1S/C41H49NO2S/c1-41(2,3)44-25-15-7-8-16-26-45(6,39-32-20-12-9-17-29(32)30-18-10-13-21-33(30)39)40-34-22-14-11-19-31(34)38-37(40)35-27-28(43-5)23-24-36(35)42(38)4/h9-14,17-24,27,37-40H,7-8,15-16,25-26H2,1-6H3. The van der Waals surface area contributed by atoms with Gasteiger partial charge in [0.25, 0.3) is 0 Å². The van der Waals surface area contributed by atoms with Gasteiger partial charge in [0, 0.05) is 35.8 Å². The molecule has 236 valence electrons. The van der Waals surface area contributed by atoms with Crippen molar-refractivity contribution in [2.24, 2.45) is 0 Å². The van der Waals surface area contributed by atoms with Gasteiger partial charge in [-0.15, -0.1) is 0 Å². The summed E-state index contributed by atoms with van der Waals surface area (Å²) in [5.41, 5.74) is 11.8. The molecule has 1 aliphatic heterocycles. The summed E-state index contributed by atoms with van der Waals surface area (Å²) in [6.45, 7) is 7.31. The Kier molecular flexibility index (Phi) is 8.02. The van der Waals surface area contributed by atoms with E-state index in [9.17, 15) is 0 Å². The number of hydrogen-bond donors (Lipinski definition) is 0. The van der Waals surface area contributed by atoms with Crippen molar-refractivity contribution in [1.29, 1.82) is 0 Å². The third-order valence-electron chi connectivity index (χ3n) is 10.6. The lowest BCUT2D eigenvalue weighted by molar-refractivity contribution is -0.00470. The molecule has 0 aromatic heterocycles. The molecule has 0 spiro atoms. The topological polar surface area (TPSA) is 21.7 Å². The SMILES string of the molecule is COc1ccc2c(c1)C1C(c3ccccc3C1S(C)(CCCCCCOC(C)(C)C)C1c3ccccc3-c3ccccc31)N2C. The lowest BCUT2D eigenvalue weighted by Crippen LogP contribution is -2.24. The van der Waals surface area contributed by atoms with Gasteiger partial charge < -0.3 is 14.4 Å². The van der Waals surface area contributed by atoms with E-state index in [1.165, 1.54) is 64.1 Å². The molecule has 0 radical (unpaired) electrons. The molecule has 0 fully saturated rings. The van der Waals surface area contributed by atoms with Crippen LogP contribution < -0.4 is 9.64 Å². The highest BCUT2D eigenvalue weighted by atomic mass is 32.3. The Morgan fingerprint density at radius 1 is 0.711 bits per heavy atom. The summed E-state index contributed by atoms with van der Waals surface area (Å²) in [6.07, 6.45) is 7.58. The third-order valence-corrected chi connectivity index (χ3v) is 15.0. The predicted octanol–water partition coefficient (Wildman–Crippen LogP) is 10.6. The number of likely N-dealkylation sites (N-methyl/N-ethyl adjacent to an activating group) is 1. The Morgan fingerprint density at radius 2 is 1.31 bits per heavy atom. The molecule has 45 heavy (non-hydrogen) atoms. The Morgan fingerprint density at radius 3 is 1.96 bits per heavy atom. The first-order chi connectivity index (χ1) is 21.7. The van der Waals surface area contributed by atoms with E-state index in [1.54, 1.807) is 12.7 Å². The molecule has 0 saturated heterocycles. The summed E-state index contributed by atoms with van der Waals surface area (Å²) < 4.78 is 11.9. The molecule has 3 nitrogen and oxygen atoms in total. The van der Waals surface area contributed by atoms with Crippen LogP contribution in [0, 0.1) is 0 Å². The second-order valence-corrected chi connectivity index (χ2v) is 18.3. The maximum atomic E-state index is 6.06. The van der Waals surface area contributed by atoms with Gasteiger partial charge in [-0.25, -0.2) is 10.0 Å². The molecular formula is C41H49NO2S. The fourth-order valence-electron chi connectivity index (χ4n) is 8.73. The fourth-order valence-corrected chi connectivity index (χ4v) is 13.7. The van der Waals surface area contributed by atoms with Crippen LogP contribution in [-0.4, -0.2) is 38.4 Å². The summed E-state index contributed by atoms with van der Waals surface area (Å²) >= 11 is 0. The fraction of sp³-hybridized carbons (Fsp3) is 0.415. The van der Waals surface area contributed by atoms with E-state index in [0.29, 0.717) is 22.5 Å². The molecule has 7 rings (SSSR count). The van der Waals surface area contributed by atoms with Gasteiger partial charge >= 0.3 is 0 Å². The van der Waals surface area contributed by atoms with E-state index in [0.717, 1.165) is 18.8 Å². The van der Waals surface area contributed by atoms with Gasteiger partial charge in [-0.3, -0.25) is 0 Å². The van der Waals surface area contributed by atoms with Crippen LogP contribution in [0.5, 0.6) is 5.75 Å². The normalized spacial score (nSPS) is 21.8. The van der Waals surface area contributed by atoms with Crippen molar-refractivity contribution in [3.8, 4) is 16.9 Å². The molecule has 0 saturated carbocycles.